The van der Waals surface area contributed by atoms with E-state index in [0.717, 1.165) is 103 Å². The van der Waals surface area contributed by atoms with Gasteiger partial charge in [-0.25, -0.2) is 0 Å². The molecule has 6 heteroatoms. The third-order valence-electron chi connectivity index (χ3n) is 10.5. The van der Waals surface area contributed by atoms with E-state index in [-0.39, 0.29) is 31.1 Å². The Morgan fingerprint density at radius 3 is 1.22 bits per heavy atom. The zero-order valence-corrected chi connectivity index (χ0v) is 39.2. The van der Waals surface area contributed by atoms with E-state index in [1.807, 2.05) is 0 Å². The molecule has 0 spiro atoms. The lowest BCUT2D eigenvalue weighted by molar-refractivity contribution is -0.167. The average Bonchev–Trinajstić information content (AvgIpc) is 3.24. The van der Waals surface area contributed by atoms with Crippen molar-refractivity contribution >= 4 is 17.9 Å². The maximum Gasteiger partial charge on any atom is 0.306 e. The quantitative estimate of drug-likeness (QED) is 0.0200. The van der Waals surface area contributed by atoms with Crippen LogP contribution in [0.2, 0.25) is 0 Å². The summed E-state index contributed by atoms with van der Waals surface area (Å²) in [5.41, 5.74) is 0. The highest BCUT2D eigenvalue weighted by Crippen LogP contribution is 2.14. The molecule has 0 bridgehead atoms. The Bertz CT molecular complexity index is 1140. The van der Waals surface area contributed by atoms with Gasteiger partial charge in [0, 0.05) is 19.3 Å². The van der Waals surface area contributed by atoms with Crippen molar-refractivity contribution in [3.8, 4) is 0 Å². The van der Waals surface area contributed by atoms with Gasteiger partial charge in [0.1, 0.15) is 13.2 Å². The first kappa shape index (κ1) is 56.9. The van der Waals surface area contributed by atoms with Crippen LogP contribution in [0.3, 0.4) is 0 Å². The van der Waals surface area contributed by atoms with E-state index in [9.17, 15) is 14.4 Å². The third-order valence-corrected chi connectivity index (χ3v) is 10.5. The first-order valence-corrected chi connectivity index (χ1v) is 25.0. The predicted octanol–water partition coefficient (Wildman–Crippen LogP) is 16.3. The van der Waals surface area contributed by atoms with Crippen molar-refractivity contribution in [2.75, 3.05) is 13.2 Å². The van der Waals surface area contributed by atoms with Crippen molar-refractivity contribution in [2.24, 2.45) is 0 Å². The summed E-state index contributed by atoms with van der Waals surface area (Å²) in [6.45, 7) is 6.36. The van der Waals surface area contributed by atoms with Crippen LogP contribution in [0, 0.1) is 0 Å². The van der Waals surface area contributed by atoms with Crippen LogP contribution < -0.4 is 0 Å². The van der Waals surface area contributed by atoms with Gasteiger partial charge in [-0.3, -0.25) is 14.4 Å². The molecule has 0 rings (SSSR count). The normalized spacial score (nSPS) is 12.7. The fourth-order valence-electron chi connectivity index (χ4n) is 6.77. The van der Waals surface area contributed by atoms with Gasteiger partial charge in [0.2, 0.25) is 0 Å². The Morgan fingerprint density at radius 2 is 0.733 bits per heavy atom. The molecular weight excluding hydrogens is 745 g/mol. The zero-order valence-electron chi connectivity index (χ0n) is 39.2. The number of hydrogen-bond acceptors (Lipinski definition) is 6. The summed E-state index contributed by atoms with van der Waals surface area (Å²) in [6, 6.07) is 0. The van der Waals surface area contributed by atoms with Gasteiger partial charge in [-0.2, -0.15) is 0 Å². The lowest BCUT2D eigenvalue weighted by Gasteiger charge is -2.18. The van der Waals surface area contributed by atoms with Crippen LogP contribution in [-0.2, 0) is 28.6 Å². The average molecular weight is 837 g/mol. The second-order valence-corrected chi connectivity index (χ2v) is 16.4. The van der Waals surface area contributed by atoms with Gasteiger partial charge in [0.15, 0.2) is 6.10 Å². The van der Waals surface area contributed by atoms with Crippen molar-refractivity contribution in [2.45, 2.75) is 239 Å². The van der Waals surface area contributed by atoms with Crippen molar-refractivity contribution < 1.29 is 28.6 Å². The number of carbonyl (C=O) groups excluding carboxylic acids is 3. The summed E-state index contributed by atoms with van der Waals surface area (Å²) in [5.74, 6) is -0.926. The van der Waals surface area contributed by atoms with Crippen LogP contribution in [0.15, 0.2) is 72.9 Å². The Morgan fingerprint density at radius 1 is 0.367 bits per heavy atom. The molecule has 0 amide bonds. The summed E-state index contributed by atoms with van der Waals surface area (Å²) in [4.78, 5) is 37.9. The Kier molecular flexibility index (Phi) is 46.0. The predicted molar refractivity (Wildman–Crippen MR) is 256 cm³/mol. The largest absolute Gasteiger partial charge is 0.462 e. The molecule has 1 unspecified atom stereocenters. The number of hydrogen-bond donors (Lipinski definition) is 0. The van der Waals surface area contributed by atoms with Crippen molar-refractivity contribution in [3.05, 3.63) is 72.9 Å². The van der Waals surface area contributed by atoms with Crippen LogP contribution in [0.4, 0.5) is 0 Å². The minimum Gasteiger partial charge on any atom is -0.462 e. The first-order valence-electron chi connectivity index (χ1n) is 25.0. The number of carbonyl (C=O) groups is 3. The molecule has 0 aliphatic rings. The van der Waals surface area contributed by atoms with E-state index in [2.05, 4.69) is 93.7 Å². The van der Waals surface area contributed by atoms with Crippen LogP contribution in [-0.4, -0.2) is 37.2 Å². The Labute approximate surface area is 370 Å². The maximum absolute atomic E-state index is 12.8. The summed E-state index contributed by atoms with van der Waals surface area (Å²) in [6.07, 6.45) is 60.2. The molecule has 60 heavy (non-hydrogen) atoms. The fourth-order valence-corrected chi connectivity index (χ4v) is 6.77. The third kappa shape index (κ3) is 45.9. The molecule has 0 aromatic carbocycles. The SMILES string of the molecule is CC\C=C/C=C\C=C/CCCCCCCCCC(=O)OCC(COC(=O)CCCCC/C=C\CCCCCCCC)OC(=O)CCCCCCCCC/C=C\C/C=C\CC. The van der Waals surface area contributed by atoms with Gasteiger partial charge in [0.05, 0.1) is 0 Å². The van der Waals surface area contributed by atoms with Crippen LogP contribution in [0.5, 0.6) is 0 Å². The van der Waals surface area contributed by atoms with E-state index in [4.69, 9.17) is 14.2 Å². The Balaban J connectivity index is 4.43. The van der Waals surface area contributed by atoms with E-state index < -0.39 is 6.10 Å². The van der Waals surface area contributed by atoms with Gasteiger partial charge in [-0.15, -0.1) is 0 Å². The summed E-state index contributed by atoms with van der Waals surface area (Å²) in [7, 11) is 0. The number of ether oxygens (including phenoxy) is 3. The lowest BCUT2D eigenvalue weighted by atomic mass is 10.1. The van der Waals surface area contributed by atoms with Crippen molar-refractivity contribution in [1.82, 2.24) is 0 Å². The fraction of sp³-hybridized carbons (Fsp3) is 0.722. The number of unbranched alkanes of at least 4 members (excludes halogenated alkanes) is 23. The molecule has 0 fully saturated rings. The molecule has 0 aliphatic heterocycles. The van der Waals surface area contributed by atoms with Crippen LogP contribution >= 0.6 is 0 Å². The molecule has 0 N–H and O–H groups in total. The topological polar surface area (TPSA) is 78.9 Å². The monoisotopic (exact) mass is 837 g/mol. The maximum atomic E-state index is 12.8. The van der Waals surface area contributed by atoms with E-state index in [0.29, 0.717) is 19.3 Å². The minimum absolute atomic E-state index is 0.0900. The molecule has 344 valence electrons. The lowest BCUT2D eigenvalue weighted by Crippen LogP contribution is -2.30. The molecule has 0 radical (unpaired) electrons. The standard InChI is InChI=1S/C54H92O6/c1-4-7-10-13-16-19-22-25-27-30-32-35-38-41-44-47-53(56)59-50-51(49-58-52(55)46-43-40-37-34-31-28-24-21-18-15-12-9-6-3)60-54(57)48-45-42-39-36-33-29-26-23-20-17-14-11-8-5-2/h7-8,10-11,13,16-17,19-20,22,28,31,51H,4-6,9,12,14-15,18,21,23-27,29-30,32-50H2,1-3H3/b10-7-,11-8-,16-13-,20-17-,22-19-,31-28-. The second-order valence-electron chi connectivity index (χ2n) is 16.4. The van der Waals surface area contributed by atoms with Crippen molar-refractivity contribution in [3.63, 3.8) is 0 Å². The molecule has 0 aromatic rings. The molecule has 0 aromatic heterocycles. The zero-order chi connectivity index (χ0) is 43.7. The molecule has 6 nitrogen and oxygen atoms in total. The summed E-state index contributed by atoms with van der Waals surface area (Å²) >= 11 is 0. The summed E-state index contributed by atoms with van der Waals surface area (Å²) in [5, 5.41) is 0. The van der Waals surface area contributed by atoms with Gasteiger partial charge in [-0.05, 0) is 89.9 Å². The summed E-state index contributed by atoms with van der Waals surface area (Å²) < 4.78 is 16.8. The smallest absolute Gasteiger partial charge is 0.306 e. The minimum atomic E-state index is -0.789. The highest BCUT2D eigenvalue weighted by atomic mass is 16.6. The molecule has 0 saturated heterocycles. The number of allylic oxidation sites excluding steroid dienone is 12. The van der Waals surface area contributed by atoms with Gasteiger partial charge >= 0.3 is 17.9 Å². The van der Waals surface area contributed by atoms with Gasteiger partial charge < -0.3 is 14.2 Å². The van der Waals surface area contributed by atoms with E-state index in [1.165, 1.54) is 89.9 Å². The number of rotatable bonds is 44. The van der Waals surface area contributed by atoms with Crippen LogP contribution in [0.1, 0.15) is 233 Å². The molecule has 0 saturated carbocycles. The highest BCUT2D eigenvalue weighted by Gasteiger charge is 2.19. The number of esters is 3. The highest BCUT2D eigenvalue weighted by molar-refractivity contribution is 5.71. The van der Waals surface area contributed by atoms with Crippen LogP contribution in [0.25, 0.3) is 0 Å². The van der Waals surface area contributed by atoms with Gasteiger partial charge in [0.25, 0.3) is 0 Å². The van der Waals surface area contributed by atoms with E-state index in [1.54, 1.807) is 0 Å². The molecule has 0 aliphatic carbocycles. The molecule has 1 atom stereocenters. The second kappa shape index (κ2) is 48.5. The van der Waals surface area contributed by atoms with Gasteiger partial charge in [-0.1, -0.05) is 196 Å². The first-order chi connectivity index (χ1) is 29.5. The van der Waals surface area contributed by atoms with E-state index >= 15 is 0 Å². The van der Waals surface area contributed by atoms with Crippen molar-refractivity contribution in [1.29, 1.82) is 0 Å². The Hall–Kier alpha value is -3.15. The molecule has 0 heterocycles. The molecular formula is C54H92O6.